The number of furan rings is 1. The quantitative estimate of drug-likeness (QED) is 0.751. The number of carbonyl (C=O) groups is 1. The molecule has 0 atom stereocenters. The number of fused-ring (bicyclic) bond motifs is 1. The third-order valence-electron chi connectivity index (χ3n) is 3.51. The Kier molecular flexibility index (Phi) is 3.67. The van der Waals surface area contributed by atoms with E-state index in [2.05, 4.69) is 10.3 Å². The molecular formula is C16H12F3N3O2. The average molecular weight is 335 g/mol. The minimum absolute atomic E-state index is 0.0765. The van der Waals surface area contributed by atoms with Crippen LogP contribution in [0.2, 0.25) is 0 Å². The van der Waals surface area contributed by atoms with Crippen molar-refractivity contribution >= 4 is 22.7 Å². The predicted octanol–water partition coefficient (Wildman–Crippen LogP) is 3.46. The third-order valence-corrected chi connectivity index (χ3v) is 3.51. The van der Waals surface area contributed by atoms with Gasteiger partial charge in [0.05, 0.1) is 22.3 Å². The van der Waals surface area contributed by atoms with Crippen LogP contribution in [0.4, 0.5) is 18.9 Å². The number of nitrogens with two attached hydrogens (primary N) is 1. The highest BCUT2D eigenvalue weighted by Gasteiger charge is 2.37. The van der Waals surface area contributed by atoms with Crippen LogP contribution in [0.3, 0.4) is 0 Å². The number of anilines is 1. The van der Waals surface area contributed by atoms with Crippen molar-refractivity contribution in [3.63, 3.8) is 0 Å². The van der Waals surface area contributed by atoms with Crippen molar-refractivity contribution in [2.45, 2.75) is 6.18 Å². The Morgan fingerprint density at radius 3 is 2.50 bits per heavy atom. The van der Waals surface area contributed by atoms with Crippen LogP contribution in [-0.4, -0.2) is 17.9 Å². The maximum absolute atomic E-state index is 13.5. The van der Waals surface area contributed by atoms with Gasteiger partial charge in [0.25, 0.3) is 5.91 Å². The lowest BCUT2D eigenvalue weighted by molar-refractivity contribution is -0.136. The zero-order valence-corrected chi connectivity index (χ0v) is 12.4. The van der Waals surface area contributed by atoms with Gasteiger partial charge < -0.3 is 15.5 Å². The number of halogens is 3. The molecular weight excluding hydrogens is 323 g/mol. The van der Waals surface area contributed by atoms with Crippen LogP contribution < -0.4 is 11.1 Å². The third kappa shape index (κ3) is 2.55. The molecule has 1 aromatic carbocycles. The van der Waals surface area contributed by atoms with E-state index in [1.165, 1.54) is 7.05 Å². The molecule has 0 saturated carbocycles. The van der Waals surface area contributed by atoms with Gasteiger partial charge in [0.2, 0.25) is 11.5 Å². The lowest BCUT2D eigenvalue weighted by Crippen LogP contribution is -2.18. The molecule has 0 aliphatic carbocycles. The molecule has 0 saturated heterocycles. The van der Waals surface area contributed by atoms with Gasteiger partial charge in [0.15, 0.2) is 0 Å². The van der Waals surface area contributed by atoms with Crippen molar-refractivity contribution in [3.05, 3.63) is 47.7 Å². The first-order valence-electron chi connectivity index (χ1n) is 6.90. The molecule has 2 aromatic heterocycles. The van der Waals surface area contributed by atoms with Crippen LogP contribution in [-0.2, 0) is 6.18 Å². The largest absolute Gasteiger partial charge is 0.430 e. The fourth-order valence-electron chi connectivity index (χ4n) is 2.38. The van der Waals surface area contributed by atoms with Crippen LogP contribution in [0, 0.1) is 0 Å². The highest BCUT2D eigenvalue weighted by molar-refractivity contribution is 6.06. The van der Waals surface area contributed by atoms with Crippen LogP contribution in [0.5, 0.6) is 0 Å². The molecule has 0 aliphatic heterocycles. The van der Waals surface area contributed by atoms with Gasteiger partial charge in [-0.05, 0) is 6.07 Å². The molecule has 1 amide bonds. The van der Waals surface area contributed by atoms with Crippen LogP contribution in [0.25, 0.3) is 22.4 Å². The average Bonchev–Trinajstić information content (AvgIpc) is 2.90. The molecule has 0 unspecified atom stereocenters. The van der Waals surface area contributed by atoms with Gasteiger partial charge in [-0.15, -0.1) is 0 Å². The zero-order valence-electron chi connectivity index (χ0n) is 12.4. The van der Waals surface area contributed by atoms with Gasteiger partial charge in [-0.25, -0.2) is 4.98 Å². The van der Waals surface area contributed by atoms with E-state index in [0.717, 1.165) is 6.07 Å². The highest BCUT2D eigenvalue weighted by Crippen LogP contribution is 2.41. The molecule has 0 radical (unpaired) electrons. The van der Waals surface area contributed by atoms with Crippen molar-refractivity contribution in [2.75, 3.05) is 12.8 Å². The second-order valence-electron chi connectivity index (χ2n) is 5.02. The van der Waals surface area contributed by atoms with Gasteiger partial charge in [0.1, 0.15) is 0 Å². The van der Waals surface area contributed by atoms with Gasteiger partial charge in [0, 0.05) is 12.6 Å². The number of nitrogen functional groups attached to an aromatic ring is 1. The number of hydrogen-bond acceptors (Lipinski definition) is 4. The maximum atomic E-state index is 13.5. The summed E-state index contributed by atoms with van der Waals surface area (Å²) in [6, 6.07) is 9.25. The topological polar surface area (TPSA) is 81.2 Å². The molecule has 0 fully saturated rings. The number of aromatic nitrogens is 1. The summed E-state index contributed by atoms with van der Waals surface area (Å²) in [4.78, 5) is 15.8. The van der Waals surface area contributed by atoms with Crippen molar-refractivity contribution in [2.24, 2.45) is 0 Å². The lowest BCUT2D eigenvalue weighted by Gasteiger charge is -2.10. The van der Waals surface area contributed by atoms with Gasteiger partial charge in [-0.3, -0.25) is 4.79 Å². The van der Waals surface area contributed by atoms with Crippen LogP contribution in [0.15, 0.2) is 40.8 Å². The lowest BCUT2D eigenvalue weighted by atomic mass is 10.1. The smallest absolute Gasteiger partial charge is 0.417 e. The van der Waals surface area contributed by atoms with Crippen molar-refractivity contribution < 1.29 is 22.4 Å². The summed E-state index contributed by atoms with van der Waals surface area (Å²) in [5.74, 6) is -1.12. The second-order valence-corrected chi connectivity index (χ2v) is 5.02. The second kappa shape index (κ2) is 5.55. The molecule has 2 heterocycles. The van der Waals surface area contributed by atoms with E-state index in [9.17, 15) is 18.0 Å². The monoisotopic (exact) mass is 335 g/mol. The van der Waals surface area contributed by atoms with Gasteiger partial charge in [-0.1, -0.05) is 30.3 Å². The fraction of sp³-hybridized carbons (Fsp3) is 0.125. The SMILES string of the molecule is CNC(=O)c1oc2nc(-c3ccccc3)cc(C(F)(F)F)c2c1N. The van der Waals surface area contributed by atoms with Crippen LogP contribution in [0.1, 0.15) is 16.1 Å². The summed E-state index contributed by atoms with van der Waals surface area (Å²) >= 11 is 0. The van der Waals surface area contributed by atoms with E-state index in [0.29, 0.717) is 5.56 Å². The number of nitrogens with zero attached hydrogens (tertiary/aromatic N) is 1. The van der Waals surface area contributed by atoms with Crippen molar-refractivity contribution in [3.8, 4) is 11.3 Å². The molecule has 3 N–H and O–H groups in total. The summed E-state index contributed by atoms with van der Waals surface area (Å²) in [7, 11) is 1.32. The van der Waals surface area contributed by atoms with E-state index in [-0.39, 0.29) is 17.1 Å². The molecule has 0 bridgehead atoms. The Hall–Kier alpha value is -3.03. The number of nitrogens with one attached hydrogen (secondary N) is 1. The molecule has 8 heteroatoms. The Morgan fingerprint density at radius 1 is 1.25 bits per heavy atom. The predicted molar refractivity (Wildman–Crippen MR) is 82.2 cm³/mol. The molecule has 0 aliphatic rings. The molecule has 5 nitrogen and oxygen atoms in total. The van der Waals surface area contributed by atoms with E-state index >= 15 is 0 Å². The molecule has 3 aromatic rings. The summed E-state index contributed by atoms with van der Waals surface area (Å²) < 4.78 is 45.6. The summed E-state index contributed by atoms with van der Waals surface area (Å²) in [6.07, 6.45) is -4.68. The van der Waals surface area contributed by atoms with Gasteiger partial charge in [-0.2, -0.15) is 13.2 Å². The van der Waals surface area contributed by atoms with E-state index in [4.69, 9.17) is 10.2 Å². The number of amides is 1. The minimum atomic E-state index is -4.68. The Labute approximate surface area is 134 Å². The van der Waals surface area contributed by atoms with Crippen molar-refractivity contribution in [1.82, 2.24) is 10.3 Å². The maximum Gasteiger partial charge on any atom is 0.417 e. The summed E-state index contributed by atoms with van der Waals surface area (Å²) in [6.45, 7) is 0. The first-order valence-corrected chi connectivity index (χ1v) is 6.90. The normalized spacial score (nSPS) is 11.7. The zero-order chi connectivity index (χ0) is 17.5. The van der Waals surface area contributed by atoms with E-state index in [1.807, 2.05) is 0 Å². The number of carbonyl (C=O) groups excluding carboxylic acids is 1. The Morgan fingerprint density at radius 2 is 1.92 bits per heavy atom. The summed E-state index contributed by atoms with van der Waals surface area (Å²) in [5, 5.41) is 1.85. The van der Waals surface area contributed by atoms with E-state index in [1.54, 1.807) is 30.3 Å². The molecule has 0 spiro atoms. The van der Waals surface area contributed by atoms with E-state index < -0.39 is 28.8 Å². The molecule has 124 valence electrons. The Balaban J connectivity index is 2.35. The molecule has 3 rings (SSSR count). The number of rotatable bonds is 2. The Bertz CT molecular complexity index is 918. The number of hydrogen-bond donors (Lipinski definition) is 2. The molecule has 24 heavy (non-hydrogen) atoms. The number of pyridine rings is 1. The fourth-order valence-corrected chi connectivity index (χ4v) is 2.38. The van der Waals surface area contributed by atoms with Gasteiger partial charge >= 0.3 is 6.18 Å². The first-order chi connectivity index (χ1) is 11.3. The first kappa shape index (κ1) is 15.9. The summed E-state index contributed by atoms with van der Waals surface area (Å²) in [5.41, 5.74) is 4.55. The van der Waals surface area contributed by atoms with Crippen molar-refractivity contribution in [1.29, 1.82) is 0 Å². The number of alkyl halides is 3. The van der Waals surface area contributed by atoms with Crippen LogP contribution >= 0.6 is 0 Å². The minimum Gasteiger partial charge on any atom is -0.430 e. The number of benzene rings is 1. The highest BCUT2D eigenvalue weighted by atomic mass is 19.4. The standard InChI is InChI=1S/C16H12F3N3O2/c1-21-14(23)13-12(20)11-9(16(17,18)19)7-10(22-15(11)24-13)8-5-3-2-4-6-8/h2-7H,20H2,1H3,(H,21,23).